The van der Waals surface area contributed by atoms with Gasteiger partial charge in [0, 0.05) is 23.8 Å². The molecule has 5 aromatic rings. The van der Waals surface area contributed by atoms with Crippen LogP contribution in [0.1, 0.15) is 5.56 Å². The van der Waals surface area contributed by atoms with Crippen molar-refractivity contribution in [3.05, 3.63) is 103 Å². The van der Waals surface area contributed by atoms with Crippen molar-refractivity contribution < 1.29 is 18.4 Å². The van der Waals surface area contributed by atoms with Crippen molar-refractivity contribution >= 4 is 10.8 Å². The van der Waals surface area contributed by atoms with Crippen LogP contribution in [0.2, 0.25) is 0 Å². The van der Waals surface area contributed by atoms with Crippen LogP contribution in [-0.2, 0) is 21.1 Å². The standard InChI is InChI=1S/C29H28N3O/c1-21-12-5-7-14-23(21)29-24-15-8-6-13-22(24)20-28(32(29)4)33-27-18-11-17-26(31(27)3)25-16-9-10-19-30(25)2/h5-20H,1-4H3/q+3. The normalized spacial score (nSPS) is 11.0. The van der Waals surface area contributed by atoms with E-state index in [4.69, 9.17) is 4.74 Å². The summed E-state index contributed by atoms with van der Waals surface area (Å²) >= 11 is 0. The summed E-state index contributed by atoms with van der Waals surface area (Å²) < 4.78 is 12.9. The van der Waals surface area contributed by atoms with Gasteiger partial charge in [0.1, 0.15) is 21.1 Å². The Morgan fingerprint density at radius 2 is 1.36 bits per heavy atom. The summed E-state index contributed by atoms with van der Waals surface area (Å²) in [5.41, 5.74) is 5.79. The fraction of sp³-hybridized carbons (Fsp3) is 0.138. The van der Waals surface area contributed by atoms with Gasteiger partial charge in [0.2, 0.25) is 5.69 Å². The molecule has 0 atom stereocenters. The Hall–Kier alpha value is -4.05. The zero-order valence-corrected chi connectivity index (χ0v) is 19.5. The second-order valence-electron chi connectivity index (χ2n) is 8.40. The molecule has 4 heteroatoms. The lowest BCUT2D eigenvalue weighted by Crippen LogP contribution is -2.40. The molecule has 0 unspecified atom stereocenters. The van der Waals surface area contributed by atoms with Crippen molar-refractivity contribution in [1.82, 2.24) is 0 Å². The van der Waals surface area contributed by atoms with Gasteiger partial charge in [-0.1, -0.05) is 36.4 Å². The van der Waals surface area contributed by atoms with Gasteiger partial charge in [-0.25, -0.2) is 0 Å². The second kappa shape index (κ2) is 8.47. The van der Waals surface area contributed by atoms with Gasteiger partial charge in [-0.15, -0.1) is 0 Å². The van der Waals surface area contributed by atoms with E-state index in [1.807, 2.05) is 25.2 Å². The highest BCUT2D eigenvalue weighted by Gasteiger charge is 2.27. The fourth-order valence-electron chi connectivity index (χ4n) is 4.44. The van der Waals surface area contributed by atoms with Crippen molar-refractivity contribution in [3.63, 3.8) is 0 Å². The molecule has 0 radical (unpaired) electrons. The Balaban J connectivity index is 1.67. The van der Waals surface area contributed by atoms with Crippen LogP contribution in [0.4, 0.5) is 0 Å². The molecule has 0 aliphatic heterocycles. The minimum absolute atomic E-state index is 0.776. The Morgan fingerprint density at radius 1 is 0.636 bits per heavy atom. The number of aryl methyl sites for hydroxylation is 2. The molecule has 0 N–H and O–H groups in total. The third-order valence-electron chi connectivity index (χ3n) is 6.27. The van der Waals surface area contributed by atoms with E-state index in [0.29, 0.717) is 0 Å². The highest BCUT2D eigenvalue weighted by atomic mass is 16.5. The number of aromatic nitrogens is 3. The van der Waals surface area contributed by atoms with E-state index in [2.05, 4.69) is 114 Å². The Labute approximate surface area is 194 Å². The summed E-state index contributed by atoms with van der Waals surface area (Å²) in [6.07, 6.45) is 2.06. The average Bonchev–Trinajstić information content (AvgIpc) is 2.82. The van der Waals surface area contributed by atoms with Crippen LogP contribution >= 0.6 is 0 Å². The third kappa shape index (κ3) is 3.74. The molecule has 5 rings (SSSR count). The third-order valence-corrected chi connectivity index (χ3v) is 6.27. The summed E-state index contributed by atoms with van der Waals surface area (Å²) in [5, 5.41) is 2.35. The number of hydrogen-bond donors (Lipinski definition) is 0. The molecule has 0 amide bonds. The predicted octanol–water partition coefficient (Wildman–Crippen LogP) is 4.75. The molecule has 0 fully saturated rings. The van der Waals surface area contributed by atoms with E-state index in [1.165, 1.54) is 16.5 Å². The van der Waals surface area contributed by atoms with E-state index < -0.39 is 0 Å². The number of nitrogens with zero attached hydrogens (tertiary/aromatic N) is 3. The van der Waals surface area contributed by atoms with Gasteiger partial charge in [-0.2, -0.15) is 13.7 Å². The molecule has 162 valence electrons. The average molecular weight is 435 g/mol. The van der Waals surface area contributed by atoms with Crippen LogP contribution in [-0.4, -0.2) is 0 Å². The van der Waals surface area contributed by atoms with Crippen molar-refractivity contribution in [2.75, 3.05) is 0 Å². The summed E-state index contributed by atoms with van der Waals surface area (Å²) in [6, 6.07) is 31.5. The molecule has 0 aliphatic rings. The van der Waals surface area contributed by atoms with Crippen LogP contribution in [0.3, 0.4) is 0 Å². The Morgan fingerprint density at radius 3 is 2.18 bits per heavy atom. The van der Waals surface area contributed by atoms with Crippen LogP contribution in [0.15, 0.2) is 97.2 Å². The van der Waals surface area contributed by atoms with Gasteiger partial charge in [0.25, 0.3) is 11.4 Å². The monoisotopic (exact) mass is 434 g/mol. The van der Waals surface area contributed by atoms with E-state index >= 15 is 0 Å². The van der Waals surface area contributed by atoms with Gasteiger partial charge in [-0.3, -0.25) is 0 Å². The second-order valence-corrected chi connectivity index (χ2v) is 8.40. The molecular weight excluding hydrogens is 406 g/mol. The lowest BCUT2D eigenvalue weighted by Gasteiger charge is -2.11. The highest BCUT2D eigenvalue weighted by Crippen LogP contribution is 2.31. The largest absolute Gasteiger partial charge is 0.378 e. The zero-order valence-electron chi connectivity index (χ0n) is 19.5. The molecule has 4 nitrogen and oxygen atoms in total. The number of pyridine rings is 3. The first kappa shape index (κ1) is 20.8. The molecule has 33 heavy (non-hydrogen) atoms. The molecule has 0 saturated carbocycles. The van der Waals surface area contributed by atoms with Crippen LogP contribution in [0.5, 0.6) is 11.8 Å². The maximum Gasteiger partial charge on any atom is 0.378 e. The van der Waals surface area contributed by atoms with E-state index in [-0.39, 0.29) is 0 Å². The molecular formula is C29H28N3O+3. The van der Waals surface area contributed by atoms with Gasteiger partial charge in [0.15, 0.2) is 6.20 Å². The molecule has 3 heterocycles. The Kier molecular flexibility index (Phi) is 5.35. The van der Waals surface area contributed by atoms with Crippen molar-refractivity contribution in [3.8, 4) is 34.4 Å². The van der Waals surface area contributed by atoms with Crippen molar-refractivity contribution in [2.45, 2.75) is 6.92 Å². The number of ether oxygens (including phenoxy) is 1. The maximum absolute atomic E-state index is 6.57. The fourth-order valence-corrected chi connectivity index (χ4v) is 4.44. The van der Waals surface area contributed by atoms with Crippen molar-refractivity contribution in [2.24, 2.45) is 21.1 Å². The van der Waals surface area contributed by atoms with Gasteiger partial charge in [-0.05, 0) is 42.1 Å². The van der Waals surface area contributed by atoms with Crippen LogP contribution in [0.25, 0.3) is 33.4 Å². The van der Waals surface area contributed by atoms with Gasteiger partial charge >= 0.3 is 11.8 Å². The molecule has 0 bridgehead atoms. The molecule has 0 spiro atoms. The molecule has 0 saturated heterocycles. The Bertz CT molecular complexity index is 1490. The lowest BCUT2D eigenvalue weighted by atomic mass is 9.99. The zero-order chi connectivity index (χ0) is 22.9. The first-order valence-corrected chi connectivity index (χ1v) is 11.1. The predicted molar refractivity (Wildman–Crippen MR) is 130 cm³/mol. The highest BCUT2D eigenvalue weighted by molar-refractivity contribution is 5.94. The molecule has 0 aliphatic carbocycles. The number of benzene rings is 2. The topological polar surface area (TPSA) is 20.9 Å². The summed E-state index contributed by atoms with van der Waals surface area (Å²) in [4.78, 5) is 0. The molecule has 3 aromatic heterocycles. The minimum Gasteiger partial charge on any atom is -0.348 e. The summed E-state index contributed by atoms with van der Waals surface area (Å²) in [5.74, 6) is 1.56. The van der Waals surface area contributed by atoms with Crippen LogP contribution in [0, 0.1) is 6.92 Å². The van der Waals surface area contributed by atoms with Gasteiger partial charge < -0.3 is 4.74 Å². The summed E-state index contributed by atoms with van der Waals surface area (Å²) in [7, 11) is 6.17. The smallest absolute Gasteiger partial charge is 0.348 e. The molecule has 2 aromatic carbocycles. The lowest BCUT2D eigenvalue weighted by molar-refractivity contribution is -0.698. The number of rotatable bonds is 4. The van der Waals surface area contributed by atoms with E-state index in [9.17, 15) is 0 Å². The first-order chi connectivity index (χ1) is 16.0. The number of hydrogen-bond acceptors (Lipinski definition) is 1. The minimum atomic E-state index is 0.776. The summed E-state index contributed by atoms with van der Waals surface area (Å²) in [6.45, 7) is 2.15. The van der Waals surface area contributed by atoms with Gasteiger partial charge in [0.05, 0.1) is 17.5 Å². The van der Waals surface area contributed by atoms with Crippen molar-refractivity contribution in [1.29, 1.82) is 0 Å². The first-order valence-electron chi connectivity index (χ1n) is 11.1. The van der Waals surface area contributed by atoms with Crippen LogP contribution < -0.4 is 18.4 Å². The maximum atomic E-state index is 6.57. The number of fused-ring (bicyclic) bond motifs is 1. The quantitative estimate of drug-likeness (QED) is 0.374. The van der Waals surface area contributed by atoms with E-state index in [1.54, 1.807) is 0 Å². The van der Waals surface area contributed by atoms with E-state index in [0.717, 1.165) is 34.2 Å². The SMILES string of the molecule is Cc1ccccc1-c1c2ccccc2cc(Oc2cccc(-c3cccc[n+]3C)[n+]2C)[n+]1C.